The number of rotatable bonds is 19. The van der Waals surface area contributed by atoms with E-state index in [9.17, 15) is 0 Å². The van der Waals surface area contributed by atoms with Gasteiger partial charge >= 0.3 is 0 Å². The molecule has 0 atom stereocenters. The zero-order valence-electron chi connectivity index (χ0n) is 17.0. The highest BCUT2D eigenvalue weighted by Crippen LogP contribution is 2.14. The Hall–Kier alpha value is -0.160. The monoisotopic (exact) mass is 346 g/mol. The molecular formula is C20H44NO3+. The smallest absolute Gasteiger partial charge is 0.135 e. The summed E-state index contributed by atoms with van der Waals surface area (Å²) in [7, 11) is 3.22. The summed E-state index contributed by atoms with van der Waals surface area (Å²) in [6.07, 6.45) is 19.2. The molecule has 0 bridgehead atoms. The lowest BCUT2D eigenvalue weighted by Crippen LogP contribution is -2.45. The first-order valence-corrected chi connectivity index (χ1v) is 10.4. The van der Waals surface area contributed by atoms with E-state index in [0.717, 1.165) is 6.42 Å². The quantitative estimate of drug-likeness (QED) is 0.155. The third kappa shape index (κ3) is 13.2. The van der Waals surface area contributed by atoms with Gasteiger partial charge in [-0.15, -0.1) is 14.5 Å². The molecule has 0 unspecified atom stereocenters. The van der Waals surface area contributed by atoms with Crippen molar-refractivity contribution in [2.45, 2.75) is 104 Å². The minimum absolute atomic E-state index is 0.168. The van der Waals surface area contributed by atoms with Crippen molar-refractivity contribution < 1.29 is 19.5 Å². The van der Waals surface area contributed by atoms with Crippen LogP contribution in [0, 0.1) is 0 Å². The van der Waals surface area contributed by atoms with Gasteiger partial charge in [0.25, 0.3) is 0 Å². The summed E-state index contributed by atoms with van der Waals surface area (Å²) in [5.41, 5.74) is 0. The molecule has 0 radical (unpaired) electrons. The Morgan fingerprint density at radius 3 is 1.25 bits per heavy atom. The first-order valence-electron chi connectivity index (χ1n) is 10.4. The Morgan fingerprint density at radius 2 is 0.917 bits per heavy atom. The highest BCUT2D eigenvalue weighted by atomic mass is 17.2. The highest BCUT2D eigenvalue weighted by molar-refractivity contribution is 4.49. The maximum Gasteiger partial charge on any atom is 0.175 e. The molecule has 4 heteroatoms. The highest BCUT2D eigenvalue weighted by Gasteiger charge is 2.28. The van der Waals surface area contributed by atoms with Crippen LogP contribution in [-0.2, 0) is 14.5 Å². The fourth-order valence-corrected chi connectivity index (χ4v) is 3.03. The van der Waals surface area contributed by atoms with Crippen LogP contribution >= 0.6 is 0 Å². The first-order chi connectivity index (χ1) is 11.7. The van der Waals surface area contributed by atoms with E-state index in [2.05, 4.69) is 6.92 Å². The predicted molar refractivity (Wildman–Crippen MR) is 101 cm³/mol. The number of quaternary nitrogens is 1. The average molecular weight is 347 g/mol. The lowest BCUT2D eigenvalue weighted by molar-refractivity contribution is -1.36. The molecule has 0 rings (SSSR count). The van der Waals surface area contributed by atoms with Crippen LogP contribution in [-0.4, -0.2) is 32.3 Å². The van der Waals surface area contributed by atoms with E-state index >= 15 is 0 Å². The van der Waals surface area contributed by atoms with Crippen molar-refractivity contribution >= 4 is 0 Å². The van der Waals surface area contributed by atoms with Crippen LogP contribution in [0.1, 0.15) is 104 Å². The summed E-state index contributed by atoms with van der Waals surface area (Å²) in [5, 5.41) is 0. The van der Waals surface area contributed by atoms with Crippen LogP contribution in [0.3, 0.4) is 0 Å². The SMILES string of the molecule is CCCCCCCCCCCCCCCCO[N+](CC)(OC)OC. The van der Waals surface area contributed by atoms with Gasteiger partial charge in [0, 0.05) is 0 Å². The minimum Gasteiger partial charge on any atom is -0.135 e. The van der Waals surface area contributed by atoms with Gasteiger partial charge in [-0.3, -0.25) is 0 Å². The number of hydrogen-bond acceptors (Lipinski definition) is 3. The third-order valence-corrected chi connectivity index (χ3v) is 4.73. The van der Waals surface area contributed by atoms with E-state index in [-0.39, 0.29) is 4.97 Å². The molecular weight excluding hydrogens is 302 g/mol. The molecule has 0 saturated carbocycles. The number of unbranched alkanes of at least 4 members (excludes halogenated alkanes) is 13. The fraction of sp³-hybridized carbons (Fsp3) is 1.00. The molecule has 0 amide bonds. The van der Waals surface area contributed by atoms with Crippen molar-refractivity contribution in [1.82, 2.24) is 0 Å². The Labute approximate surface area is 151 Å². The van der Waals surface area contributed by atoms with E-state index in [1.165, 1.54) is 83.5 Å². The third-order valence-electron chi connectivity index (χ3n) is 4.73. The zero-order chi connectivity index (χ0) is 17.9. The summed E-state index contributed by atoms with van der Waals surface area (Å²) in [6.45, 7) is 5.60. The van der Waals surface area contributed by atoms with Gasteiger partial charge in [0.15, 0.2) is 6.54 Å². The summed E-state index contributed by atoms with van der Waals surface area (Å²) in [4.78, 5) is 16.0. The van der Waals surface area contributed by atoms with E-state index in [1.807, 2.05) is 6.92 Å². The standard InChI is InChI=1S/C20H44NO3/c1-5-7-8-9-10-11-12-13-14-15-16-17-18-19-20-24-21(6-2,22-3)23-4/h5-20H2,1-4H3/q+1. The number of nitrogens with zero attached hydrogens (tertiary/aromatic N) is 1. The van der Waals surface area contributed by atoms with Crippen LogP contribution in [0.2, 0.25) is 0 Å². The molecule has 0 aromatic heterocycles. The molecule has 0 aliphatic heterocycles. The molecule has 0 fully saturated rings. The first kappa shape index (κ1) is 23.8. The van der Waals surface area contributed by atoms with Gasteiger partial charge in [-0.2, -0.15) is 0 Å². The van der Waals surface area contributed by atoms with Gasteiger partial charge in [-0.05, 0) is 13.3 Å². The molecule has 146 valence electrons. The van der Waals surface area contributed by atoms with E-state index in [0.29, 0.717) is 13.2 Å². The number of hydroxylamine groups is 3. The number of hydrogen-bond donors (Lipinski definition) is 0. The van der Waals surface area contributed by atoms with Gasteiger partial charge in [0.1, 0.15) is 20.8 Å². The summed E-state index contributed by atoms with van der Waals surface area (Å²) in [6, 6.07) is 0. The summed E-state index contributed by atoms with van der Waals surface area (Å²) in [5.74, 6) is 0. The maximum absolute atomic E-state index is 5.68. The van der Waals surface area contributed by atoms with Crippen molar-refractivity contribution in [3.8, 4) is 0 Å². The van der Waals surface area contributed by atoms with Gasteiger partial charge < -0.3 is 0 Å². The van der Waals surface area contributed by atoms with E-state index < -0.39 is 0 Å². The largest absolute Gasteiger partial charge is 0.175 e. The predicted octanol–water partition coefficient (Wildman–Crippen LogP) is 6.36. The van der Waals surface area contributed by atoms with Gasteiger partial charge in [0.05, 0.1) is 4.97 Å². The summed E-state index contributed by atoms with van der Waals surface area (Å²) >= 11 is 0. The van der Waals surface area contributed by atoms with Crippen LogP contribution in [0.5, 0.6) is 0 Å². The Morgan fingerprint density at radius 1 is 0.542 bits per heavy atom. The molecule has 0 aromatic rings. The van der Waals surface area contributed by atoms with Crippen molar-refractivity contribution in [3.63, 3.8) is 0 Å². The van der Waals surface area contributed by atoms with Crippen molar-refractivity contribution in [2.24, 2.45) is 0 Å². The molecule has 0 saturated heterocycles. The topological polar surface area (TPSA) is 27.7 Å². The fourth-order valence-electron chi connectivity index (χ4n) is 3.03. The van der Waals surface area contributed by atoms with Gasteiger partial charge in [0.2, 0.25) is 0 Å². The molecule has 0 aromatic carbocycles. The second-order valence-corrected chi connectivity index (χ2v) is 6.72. The van der Waals surface area contributed by atoms with Crippen molar-refractivity contribution in [2.75, 3.05) is 27.4 Å². The normalized spacial score (nSPS) is 12.0. The molecule has 0 N–H and O–H groups in total. The van der Waals surface area contributed by atoms with Gasteiger partial charge in [-0.1, -0.05) is 90.4 Å². The Balaban J connectivity index is 3.23. The van der Waals surface area contributed by atoms with Crippen LogP contribution in [0.25, 0.3) is 0 Å². The summed E-state index contributed by atoms with van der Waals surface area (Å²) < 4.78 is 0. The lowest BCUT2D eigenvalue weighted by atomic mass is 10.0. The van der Waals surface area contributed by atoms with Crippen LogP contribution in [0.15, 0.2) is 0 Å². The van der Waals surface area contributed by atoms with Crippen LogP contribution < -0.4 is 0 Å². The van der Waals surface area contributed by atoms with E-state index in [4.69, 9.17) is 14.5 Å². The van der Waals surface area contributed by atoms with Crippen molar-refractivity contribution in [1.29, 1.82) is 0 Å². The molecule has 0 aliphatic carbocycles. The molecule has 0 heterocycles. The molecule has 0 aliphatic rings. The Bertz CT molecular complexity index is 237. The van der Waals surface area contributed by atoms with Crippen molar-refractivity contribution in [3.05, 3.63) is 0 Å². The molecule has 0 spiro atoms. The Kier molecular flexibility index (Phi) is 17.5. The van der Waals surface area contributed by atoms with Gasteiger partial charge in [-0.25, -0.2) is 0 Å². The lowest BCUT2D eigenvalue weighted by Gasteiger charge is -2.25. The second-order valence-electron chi connectivity index (χ2n) is 6.72. The van der Waals surface area contributed by atoms with Crippen LogP contribution in [0.4, 0.5) is 0 Å². The molecule has 24 heavy (non-hydrogen) atoms. The minimum atomic E-state index is -0.168. The average Bonchev–Trinajstić information content (AvgIpc) is 2.62. The van der Waals surface area contributed by atoms with E-state index in [1.54, 1.807) is 14.2 Å². The second kappa shape index (κ2) is 17.7. The maximum atomic E-state index is 5.68. The zero-order valence-corrected chi connectivity index (χ0v) is 17.0. The molecule has 4 nitrogen and oxygen atoms in total.